The molecule has 0 bridgehead atoms. The molecule has 5 nitrogen and oxygen atoms in total. The molecule has 1 saturated heterocycles. The molecule has 0 radical (unpaired) electrons. The third-order valence-corrected chi connectivity index (χ3v) is 5.06. The Labute approximate surface area is 172 Å². The van der Waals surface area contributed by atoms with Crippen LogP contribution in [-0.4, -0.2) is 21.8 Å². The number of aryl methyl sites for hydroxylation is 1. The number of Topliss-reactive ketones (excluding diaryl/α,β-unsaturated/α-hetero) is 1. The number of anilines is 1. The van der Waals surface area contributed by atoms with E-state index in [0.29, 0.717) is 21.8 Å². The van der Waals surface area contributed by atoms with Crippen LogP contribution in [0.5, 0.6) is 0 Å². The van der Waals surface area contributed by atoms with Gasteiger partial charge in [0.25, 0.3) is 11.7 Å². The molecule has 1 aliphatic heterocycles. The van der Waals surface area contributed by atoms with Gasteiger partial charge in [-0.3, -0.25) is 19.5 Å². The number of aliphatic hydroxyl groups is 1. The van der Waals surface area contributed by atoms with Gasteiger partial charge in [-0.15, -0.1) is 0 Å². The number of carbonyl (C=O) groups is 2. The van der Waals surface area contributed by atoms with Crippen LogP contribution in [0.25, 0.3) is 5.76 Å². The van der Waals surface area contributed by atoms with E-state index in [1.54, 1.807) is 54.9 Å². The maximum absolute atomic E-state index is 13.0. The van der Waals surface area contributed by atoms with Gasteiger partial charge in [0.2, 0.25) is 0 Å². The molecule has 2 aromatic carbocycles. The molecule has 0 aliphatic carbocycles. The third kappa shape index (κ3) is 3.41. The summed E-state index contributed by atoms with van der Waals surface area (Å²) in [5.74, 6) is -1.72. The van der Waals surface area contributed by atoms with E-state index < -0.39 is 17.7 Å². The van der Waals surface area contributed by atoms with Gasteiger partial charge < -0.3 is 5.11 Å². The number of nitrogens with zero attached hydrogens (tertiary/aromatic N) is 2. The Kier molecular flexibility index (Phi) is 4.91. The summed E-state index contributed by atoms with van der Waals surface area (Å²) in [6, 6.07) is 16.6. The van der Waals surface area contributed by atoms with Crippen LogP contribution in [0.2, 0.25) is 5.02 Å². The lowest BCUT2D eigenvalue weighted by molar-refractivity contribution is -0.132. The summed E-state index contributed by atoms with van der Waals surface area (Å²) in [7, 11) is 0. The van der Waals surface area contributed by atoms with E-state index in [0.717, 1.165) is 5.56 Å². The summed E-state index contributed by atoms with van der Waals surface area (Å²) >= 11 is 6.05. The summed E-state index contributed by atoms with van der Waals surface area (Å²) in [6.45, 7) is 1.91. The van der Waals surface area contributed by atoms with Crippen molar-refractivity contribution in [3.8, 4) is 0 Å². The minimum absolute atomic E-state index is 0.00627. The third-order valence-electron chi connectivity index (χ3n) is 4.82. The van der Waals surface area contributed by atoms with Crippen LogP contribution in [0.15, 0.2) is 78.6 Å². The summed E-state index contributed by atoms with van der Waals surface area (Å²) in [5, 5.41) is 11.4. The van der Waals surface area contributed by atoms with E-state index >= 15 is 0 Å². The van der Waals surface area contributed by atoms with E-state index in [2.05, 4.69) is 4.98 Å². The van der Waals surface area contributed by atoms with Crippen LogP contribution in [0, 0.1) is 6.92 Å². The number of carbonyl (C=O) groups excluding carboxylic acids is 2. The van der Waals surface area contributed by atoms with E-state index in [1.165, 1.54) is 4.90 Å². The number of halogens is 1. The molecule has 144 valence electrons. The van der Waals surface area contributed by atoms with Crippen LogP contribution in [-0.2, 0) is 9.59 Å². The molecule has 1 unspecified atom stereocenters. The molecule has 1 fully saturated rings. The molecule has 6 heteroatoms. The highest BCUT2D eigenvalue weighted by molar-refractivity contribution is 6.51. The zero-order valence-electron chi connectivity index (χ0n) is 15.5. The lowest BCUT2D eigenvalue weighted by atomic mass is 9.96. The van der Waals surface area contributed by atoms with Crippen molar-refractivity contribution in [3.05, 3.63) is 100 Å². The number of aliphatic hydroxyl groups excluding tert-OH is 1. The highest BCUT2D eigenvalue weighted by Crippen LogP contribution is 2.42. The van der Waals surface area contributed by atoms with Crippen molar-refractivity contribution in [1.29, 1.82) is 0 Å². The molecule has 0 spiro atoms. The maximum atomic E-state index is 13.0. The second-order valence-electron chi connectivity index (χ2n) is 6.80. The molecule has 3 aromatic rings. The molecule has 1 aromatic heterocycles. The van der Waals surface area contributed by atoms with Gasteiger partial charge in [0.1, 0.15) is 5.76 Å². The van der Waals surface area contributed by atoms with Crippen molar-refractivity contribution < 1.29 is 14.7 Å². The smallest absolute Gasteiger partial charge is 0.300 e. The minimum Gasteiger partial charge on any atom is -0.507 e. The van der Waals surface area contributed by atoms with Gasteiger partial charge >= 0.3 is 0 Å². The number of amides is 1. The van der Waals surface area contributed by atoms with Gasteiger partial charge in [-0.05, 0) is 48.4 Å². The molecule has 0 saturated carbocycles. The van der Waals surface area contributed by atoms with Crippen LogP contribution in [0.1, 0.15) is 22.7 Å². The van der Waals surface area contributed by atoms with Crippen molar-refractivity contribution in [2.24, 2.45) is 0 Å². The van der Waals surface area contributed by atoms with Crippen molar-refractivity contribution in [2.45, 2.75) is 13.0 Å². The first-order valence-electron chi connectivity index (χ1n) is 9.01. The number of benzene rings is 2. The molecule has 1 aliphatic rings. The molecule has 2 heterocycles. The summed E-state index contributed by atoms with van der Waals surface area (Å²) in [6.07, 6.45) is 3.20. The number of ketones is 1. The standard InChI is InChI=1S/C23H17ClN2O3/c1-14-5-2-9-18(11-14)26-20(16-7-4-10-25-13-16)19(22(28)23(26)29)21(27)15-6-3-8-17(24)12-15/h2-13,20,27H,1H3/b21-19+. The highest BCUT2D eigenvalue weighted by Gasteiger charge is 2.47. The van der Waals surface area contributed by atoms with Gasteiger partial charge in [-0.2, -0.15) is 0 Å². The molecule has 1 N–H and O–H groups in total. The number of hydrogen-bond donors (Lipinski definition) is 1. The average molecular weight is 405 g/mol. The predicted octanol–water partition coefficient (Wildman–Crippen LogP) is 4.67. The molecule has 29 heavy (non-hydrogen) atoms. The van der Waals surface area contributed by atoms with E-state index in [4.69, 9.17) is 11.6 Å². The van der Waals surface area contributed by atoms with E-state index in [9.17, 15) is 14.7 Å². The Balaban J connectivity index is 1.96. The zero-order valence-corrected chi connectivity index (χ0v) is 16.3. The van der Waals surface area contributed by atoms with Gasteiger partial charge in [0.15, 0.2) is 0 Å². The predicted molar refractivity (Wildman–Crippen MR) is 112 cm³/mol. The Morgan fingerprint density at radius 1 is 1.07 bits per heavy atom. The van der Waals surface area contributed by atoms with Crippen molar-refractivity contribution in [3.63, 3.8) is 0 Å². The van der Waals surface area contributed by atoms with Crippen LogP contribution < -0.4 is 4.90 Å². The Hall–Kier alpha value is -3.44. The molecular formula is C23H17ClN2O3. The fraction of sp³-hybridized carbons (Fsp3) is 0.0870. The Morgan fingerprint density at radius 2 is 1.86 bits per heavy atom. The molecular weight excluding hydrogens is 388 g/mol. The monoisotopic (exact) mass is 404 g/mol. The first-order valence-corrected chi connectivity index (χ1v) is 9.38. The molecule has 1 amide bonds. The average Bonchev–Trinajstić information content (AvgIpc) is 2.99. The van der Waals surface area contributed by atoms with Crippen molar-refractivity contribution in [2.75, 3.05) is 4.90 Å². The summed E-state index contributed by atoms with van der Waals surface area (Å²) < 4.78 is 0. The zero-order chi connectivity index (χ0) is 20.5. The van der Waals surface area contributed by atoms with Crippen LogP contribution >= 0.6 is 11.6 Å². The van der Waals surface area contributed by atoms with Crippen molar-refractivity contribution >= 4 is 34.7 Å². The lowest BCUT2D eigenvalue weighted by Gasteiger charge is -2.25. The van der Waals surface area contributed by atoms with Crippen LogP contribution in [0.3, 0.4) is 0 Å². The maximum Gasteiger partial charge on any atom is 0.300 e. The quantitative estimate of drug-likeness (QED) is 0.391. The molecule has 1 atom stereocenters. The first kappa shape index (κ1) is 18.9. The topological polar surface area (TPSA) is 70.5 Å². The molecule has 4 rings (SSSR count). The van der Waals surface area contributed by atoms with Gasteiger partial charge in [0, 0.05) is 28.7 Å². The number of hydrogen-bond acceptors (Lipinski definition) is 4. The summed E-state index contributed by atoms with van der Waals surface area (Å²) in [4.78, 5) is 31.5. The van der Waals surface area contributed by atoms with Gasteiger partial charge in [-0.1, -0.05) is 41.9 Å². The number of aromatic nitrogens is 1. The Morgan fingerprint density at radius 3 is 2.55 bits per heavy atom. The fourth-order valence-electron chi connectivity index (χ4n) is 3.52. The number of rotatable bonds is 3. The Bertz CT molecular complexity index is 1140. The fourth-order valence-corrected chi connectivity index (χ4v) is 3.71. The van der Waals surface area contributed by atoms with E-state index in [1.807, 2.05) is 25.1 Å². The van der Waals surface area contributed by atoms with Gasteiger partial charge in [0.05, 0.1) is 11.6 Å². The summed E-state index contributed by atoms with van der Waals surface area (Å²) in [5.41, 5.74) is 2.52. The normalized spacial score (nSPS) is 18.3. The second kappa shape index (κ2) is 7.53. The highest BCUT2D eigenvalue weighted by atomic mass is 35.5. The van der Waals surface area contributed by atoms with Crippen LogP contribution in [0.4, 0.5) is 5.69 Å². The second-order valence-corrected chi connectivity index (χ2v) is 7.24. The van der Waals surface area contributed by atoms with E-state index in [-0.39, 0.29) is 11.3 Å². The SMILES string of the molecule is Cc1cccc(N2C(=O)C(=O)/C(=C(/O)c3cccc(Cl)c3)C2c2cccnc2)c1. The lowest BCUT2D eigenvalue weighted by Crippen LogP contribution is -2.29. The van der Waals surface area contributed by atoms with Gasteiger partial charge in [-0.25, -0.2) is 0 Å². The number of pyridine rings is 1. The van der Waals surface area contributed by atoms with Crippen molar-refractivity contribution in [1.82, 2.24) is 4.98 Å². The first-order chi connectivity index (χ1) is 14.0. The minimum atomic E-state index is -0.801. The largest absolute Gasteiger partial charge is 0.507 e.